The molecule has 1 aliphatic rings. The highest BCUT2D eigenvalue weighted by Crippen LogP contribution is 2.47. The third-order valence-electron chi connectivity index (χ3n) is 5.28. The Morgan fingerprint density at radius 1 is 1.03 bits per heavy atom. The summed E-state index contributed by atoms with van der Waals surface area (Å²) < 4.78 is 27.7. The van der Waals surface area contributed by atoms with Crippen molar-refractivity contribution in [2.45, 2.75) is 39.9 Å². The van der Waals surface area contributed by atoms with Crippen LogP contribution in [0.5, 0.6) is 17.2 Å². The van der Waals surface area contributed by atoms with Gasteiger partial charge in [0.2, 0.25) is 5.75 Å². The molecule has 0 unspecified atom stereocenters. The number of carbonyl (C=O) groups excluding carboxylic acids is 2. The van der Waals surface area contributed by atoms with Crippen LogP contribution in [0.4, 0.5) is 0 Å². The number of ether oxygens (including phenoxy) is 5. The van der Waals surface area contributed by atoms with Gasteiger partial charge >= 0.3 is 11.9 Å². The van der Waals surface area contributed by atoms with E-state index in [4.69, 9.17) is 23.7 Å². The summed E-state index contributed by atoms with van der Waals surface area (Å²) in [5.41, 5.74) is 0.316. The van der Waals surface area contributed by atoms with E-state index >= 15 is 0 Å². The molecular formula is C25H27NO7. The number of hydrogen-bond acceptors (Lipinski definition) is 8. The number of nitrogens with zero attached hydrogens (tertiary/aromatic N) is 1. The Labute approximate surface area is 193 Å². The Kier molecular flexibility index (Phi) is 6.54. The lowest BCUT2D eigenvalue weighted by molar-refractivity contribution is -0.164. The molecule has 0 atom stereocenters. The first kappa shape index (κ1) is 23.9. The smallest absolute Gasteiger partial charge is 0.338 e. The van der Waals surface area contributed by atoms with Gasteiger partial charge in [0.15, 0.2) is 17.1 Å². The molecule has 2 aromatic carbocycles. The molecule has 3 rings (SSSR count). The normalized spacial score (nSPS) is 12.9. The van der Waals surface area contributed by atoms with Crippen molar-refractivity contribution < 1.29 is 33.3 Å². The summed E-state index contributed by atoms with van der Waals surface area (Å²) in [6.45, 7) is 6.46. The monoisotopic (exact) mass is 453 g/mol. The fourth-order valence-corrected chi connectivity index (χ4v) is 3.36. The Balaban J connectivity index is 2.02. The highest BCUT2D eigenvalue weighted by Gasteiger charge is 2.36. The first-order valence-electron chi connectivity index (χ1n) is 10.4. The van der Waals surface area contributed by atoms with Crippen LogP contribution in [-0.2, 0) is 20.9 Å². The molecule has 1 heterocycles. The van der Waals surface area contributed by atoms with Crippen LogP contribution < -0.4 is 14.2 Å². The van der Waals surface area contributed by atoms with Crippen LogP contribution in [0, 0.1) is 16.7 Å². The van der Waals surface area contributed by atoms with Crippen LogP contribution in [0.15, 0.2) is 30.3 Å². The first-order valence-corrected chi connectivity index (χ1v) is 10.4. The van der Waals surface area contributed by atoms with Gasteiger partial charge in [-0.3, -0.25) is 4.79 Å². The summed E-state index contributed by atoms with van der Waals surface area (Å²) in [7, 11) is 3.00. The Hall–Kier alpha value is -3.73. The second-order valence-electron chi connectivity index (χ2n) is 8.77. The number of cyclic esters (lactones) is 1. The van der Waals surface area contributed by atoms with E-state index in [1.807, 2.05) is 12.1 Å². The maximum atomic E-state index is 12.7. The van der Waals surface area contributed by atoms with Gasteiger partial charge in [-0.1, -0.05) is 12.1 Å². The van der Waals surface area contributed by atoms with Crippen molar-refractivity contribution in [3.8, 4) is 34.4 Å². The number of benzene rings is 2. The Morgan fingerprint density at radius 3 is 2.36 bits per heavy atom. The third kappa shape index (κ3) is 4.72. The number of methoxy groups -OCH3 is 2. The van der Waals surface area contributed by atoms with Crippen molar-refractivity contribution >= 4 is 11.9 Å². The largest absolute Gasteiger partial charge is 0.493 e. The summed E-state index contributed by atoms with van der Waals surface area (Å²) in [5.74, 6) is 0.197. The zero-order chi connectivity index (χ0) is 24.4. The molecule has 2 aromatic rings. The number of fused-ring (bicyclic) bond motifs is 1. The van der Waals surface area contributed by atoms with E-state index in [-0.39, 0.29) is 19.2 Å². The summed E-state index contributed by atoms with van der Waals surface area (Å²) >= 11 is 0. The van der Waals surface area contributed by atoms with E-state index in [2.05, 4.69) is 0 Å². The Bertz CT molecular complexity index is 1130. The van der Waals surface area contributed by atoms with Crippen LogP contribution in [0.25, 0.3) is 11.1 Å². The minimum absolute atomic E-state index is 0.0612. The highest BCUT2D eigenvalue weighted by molar-refractivity contribution is 5.96. The van der Waals surface area contributed by atoms with Gasteiger partial charge in [-0.25, -0.2) is 4.79 Å². The fourth-order valence-electron chi connectivity index (χ4n) is 3.36. The molecular weight excluding hydrogens is 426 g/mol. The molecule has 1 aliphatic heterocycles. The predicted molar refractivity (Wildman–Crippen MR) is 119 cm³/mol. The van der Waals surface area contributed by atoms with Crippen molar-refractivity contribution in [1.29, 1.82) is 5.26 Å². The molecule has 0 radical (unpaired) electrons. The number of carbonyl (C=O) groups is 2. The zero-order valence-corrected chi connectivity index (χ0v) is 19.6. The predicted octanol–water partition coefficient (Wildman–Crippen LogP) is 4.29. The van der Waals surface area contributed by atoms with Crippen molar-refractivity contribution in [3.05, 3.63) is 41.5 Å². The minimum atomic E-state index is -1.26. The van der Waals surface area contributed by atoms with Crippen molar-refractivity contribution in [2.24, 2.45) is 5.41 Å². The average Bonchev–Trinajstić information content (AvgIpc) is 3.17. The van der Waals surface area contributed by atoms with Crippen molar-refractivity contribution in [3.63, 3.8) is 0 Å². The molecule has 0 saturated carbocycles. The molecule has 0 spiro atoms. The van der Waals surface area contributed by atoms with Crippen molar-refractivity contribution in [2.75, 3.05) is 20.8 Å². The maximum Gasteiger partial charge on any atom is 0.338 e. The second-order valence-corrected chi connectivity index (χ2v) is 8.77. The van der Waals surface area contributed by atoms with Gasteiger partial charge in [-0.2, -0.15) is 5.26 Å². The van der Waals surface area contributed by atoms with E-state index in [1.54, 1.807) is 38.1 Å². The molecule has 33 heavy (non-hydrogen) atoms. The van der Waals surface area contributed by atoms with Crippen LogP contribution in [-0.4, -0.2) is 38.4 Å². The van der Waals surface area contributed by atoms with Crippen LogP contribution in [0.1, 0.15) is 43.6 Å². The van der Waals surface area contributed by atoms with Gasteiger partial charge in [0.05, 0.1) is 25.2 Å². The maximum absolute atomic E-state index is 12.7. The lowest BCUT2D eigenvalue weighted by Crippen LogP contribution is -2.38. The number of rotatable bonds is 8. The molecule has 0 aliphatic carbocycles. The molecule has 0 fully saturated rings. The van der Waals surface area contributed by atoms with E-state index in [1.165, 1.54) is 28.1 Å². The van der Waals surface area contributed by atoms with Gasteiger partial charge in [0.1, 0.15) is 19.3 Å². The van der Waals surface area contributed by atoms with Crippen molar-refractivity contribution in [1.82, 2.24) is 0 Å². The molecule has 0 N–H and O–H groups in total. The molecule has 0 amide bonds. The molecule has 0 bridgehead atoms. The first-order chi connectivity index (χ1) is 15.5. The lowest BCUT2D eigenvalue weighted by atomic mass is 9.93. The van der Waals surface area contributed by atoms with Crippen LogP contribution in [0.3, 0.4) is 0 Å². The fraction of sp³-hybridized carbons (Fsp3) is 0.400. The number of hydrogen-bond donors (Lipinski definition) is 0. The molecule has 8 heteroatoms. The molecule has 0 saturated heterocycles. The summed E-state index contributed by atoms with van der Waals surface area (Å²) in [5, 5.41) is 9.18. The Morgan fingerprint density at radius 2 is 1.73 bits per heavy atom. The zero-order valence-electron chi connectivity index (χ0n) is 19.6. The number of nitriles is 1. The van der Waals surface area contributed by atoms with Gasteiger partial charge < -0.3 is 23.7 Å². The van der Waals surface area contributed by atoms with E-state index in [0.29, 0.717) is 28.4 Å². The highest BCUT2D eigenvalue weighted by atomic mass is 16.6. The lowest BCUT2D eigenvalue weighted by Gasteiger charge is -2.28. The van der Waals surface area contributed by atoms with Gasteiger partial charge in [-0.15, -0.1) is 0 Å². The van der Waals surface area contributed by atoms with Crippen LogP contribution in [0.2, 0.25) is 0 Å². The molecule has 0 aromatic heterocycles. The summed E-state index contributed by atoms with van der Waals surface area (Å²) in [4.78, 5) is 24.8. The SMILES string of the molecule is COc1ccc(-c2cccc3c2COC3=O)c(OCC(C)(C)C(=O)OC(C)(C)C#N)c1OC. The standard InChI is InChI=1S/C25H27NO7/c1-24(2,23(28)33-25(3,4)13-26)14-32-20-16(10-11-19(29-5)21(20)30-6)15-8-7-9-17-18(15)12-31-22(17)27/h7-11H,12,14H2,1-6H3. The summed E-state index contributed by atoms with van der Waals surface area (Å²) in [6, 6.07) is 10.8. The van der Waals surface area contributed by atoms with Gasteiger partial charge in [-0.05, 0) is 51.5 Å². The van der Waals surface area contributed by atoms with Gasteiger partial charge in [0, 0.05) is 11.1 Å². The third-order valence-corrected chi connectivity index (χ3v) is 5.28. The molecule has 8 nitrogen and oxygen atoms in total. The number of esters is 2. The second kappa shape index (κ2) is 9.02. The topological polar surface area (TPSA) is 104 Å². The minimum Gasteiger partial charge on any atom is -0.493 e. The van der Waals surface area contributed by atoms with E-state index in [0.717, 1.165) is 11.1 Å². The van der Waals surface area contributed by atoms with Gasteiger partial charge in [0.25, 0.3) is 0 Å². The van der Waals surface area contributed by atoms with E-state index in [9.17, 15) is 14.9 Å². The molecule has 174 valence electrons. The quantitative estimate of drug-likeness (QED) is 0.545. The van der Waals surface area contributed by atoms with Crippen LogP contribution >= 0.6 is 0 Å². The van der Waals surface area contributed by atoms with E-state index < -0.39 is 17.0 Å². The summed E-state index contributed by atoms with van der Waals surface area (Å²) in [6.07, 6.45) is 0. The average molecular weight is 453 g/mol.